The van der Waals surface area contributed by atoms with Gasteiger partial charge in [0.25, 0.3) is 0 Å². The first kappa shape index (κ1) is 12.3. The van der Waals surface area contributed by atoms with Crippen molar-refractivity contribution in [1.29, 1.82) is 0 Å². The van der Waals surface area contributed by atoms with Gasteiger partial charge in [0.15, 0.2) is 0 Å². The van der Waals surface area contributed by atoms with E-state index in [4.69, 9.17) is 0 Å². The van der Waals surface area contributed by atoms with Crippen LogP contribution in [0.1, 0.15) is 23.5 Å². The van der Waals surface area contributed by atoms with Crippen LogP contribution in [0.25, 0.3) is 0 Å². The molecule has 2 heterocycles. The van der Waals surface area contributed by atoms with Gasteiger partial charge < -0.3 is 5.32 Å². The van der Waals surface area contributed by atoms with E-state index in [1.54, 1.807) is 4.68 Å². The number of carbonyl (C=O) groups excluding carboxylic acids is 1. The van der Waals surface area contributed by atoms with Gasteiger partial charge in [0.05, 0.1) is 17.9 Å². The molecule has 2 N–H and O–H groups in total. The number of aromatic amines is 1. The molecule has 0 spiro atoms. The van der Waals surface area contributed by atoms with Crippen LogP contribution in [-0.4, -0.2) is 25.9 Å². The van der Waals surface area contributed by atoms with Gasteiger partial charge in [-0.15, -0.1) is 0 Å². The van der Waals surface area contributed by atoms with Gasteiger partial charge in [-0.05, 0) is 26.0 Å². The SMILES string of the molecule is Cc1ccn(CCC(=O)NCc2cc(C)[nH]n2)n1. The highest BCUT2D eigenvalue weighted by atomic mass is 16.1. The molecule has 0 aromatic carbocycles. The van der Waals surface area contributed by atoms with Crippen LogP contribution < -0.4 is 5.32 Å². The zero-order valence-corrected chi connectivity index (χ0v) is 10.6. The number of rotatable bonds is 5. The van der Waals surface area contributed by atoms with E-state index in [9.17, 15) is 4.79 Å². The Balaban J connectivity index is 1.72. The average Bonchev–Trinajstić information content (AvgIpc) is 2.93. The van der Waals surface area contributed by atoms with Gasteiger partial charge in [-0.25, -0.2) is 0 Å². The summed E-state index contributed by atoms with van der Waals surface area (Å²) in [5.41, 5.74) is 2.80. The molecule has 0 bridgehead atoms. The predicted octanol–water partition coefficient (Wildman–Crippen LogP) is 0.930. The lowest BCUT2D eigenvalue weighted by Gasteiger charge is -2.03. The molecule has 0 saturated heterocycles. The van der Waals surface area contributed by atoms with Gasteiger partial charge in [-0.2, -0.15) is 10.2 Å². The highest BCUT2D eigenvalue weighted by Gasteiger charge is 2.04. The predicted molar refractivity (Wildman–Crippen MR) is 66.8 cm³/mol. The third-order valence-corrected chi connectivity index (χ3v) is 2.57. The fourth-order valence-electron chi connectivity index (χ4n) is 1.65. The summed E-state index contributed by atoms with van der Waals surface area (Å²) in [5.74, 6) is 0.00352. The van der Waals surface area contributed by atoms with Gasteiger partial charge in [0.2, 0.25) is 5.91 Å². The Kier molecular flexibility index (Phi) is 3.76. The molecule has 0 aliphatic carbocycles. The molecule has 0 saturated carbocycles. The Bertz CT molecular complexity index is 482. The summed E-state index contributed by atoms with van der Waals surface area (Å²) in [5, 5.41) is 13.9. The maximum Gasteiger partial charge on any atom is 0.222 e. The first-order valence-electron chi connectivity index (χ1n) is 5.91. The van der Waals surface area contributed by atoms with E-state index in [0.29, 0.717) is 19.5 Å². The number of carbonyl (C=O) groups is 1. The Hall–Kier alpha value is -2.11. The van der Waals surface area contributed by atoms with Crippen LogP contribution in [0, 0.1) is 13.8 Å². The van der Waals surface area contributed by atoms with E-state index in [-0.39, 0.29) is 5.91 Å². The standard InChI is InChI=1S/C12H17N5O/c1-9-3-5-17(16-9)6-4-12(18)13-8-11-7-10(2)14-15-11/h3,5,7H,4,6,8H2,1-2H3,(H,13,18)(H,14,15). The maximum atomic E-state index is 11.6. The van der Waals surface area contributed by atoms with Crippen molar-refractivity contribution in [3.63, 3.8) is 0 Å². The van der Waals surface area contributed by atoms with Crippen LogP contribution in [0.2, 0.25) is 0 Å². The van der Waals surface area contributed by atoms with E-state index in [2.05, 4.69) is 20.6 Å². The van der Waals surface area contributed by atoms with Gasteiger partial charge in [-0.1, -0.05) is 0 Å². The number of aromatic nitrogens is 4. The number of amides is 1. The second-order valence-corrected chi connectivity index (χ2v) is 4.29. The number of hydrogen-bond acceptors (Lipinski definition) is 3. The van der Waals surface area contributed by atoms with Crippen molar-refractivity contribution in [3.05, 3.63) is 35.4 Å². The third kappa shape index (κ3) is 3.44. The van der Waals surface area contributed by atoms with E-state index in [1.165, 1.54) is 0 Å². The Morgan fingerprint density at radius 2 is 2.33 bits per heavy atom. The minimum atomic E-state index is 0.00352. The second-order valence-electron chi connectivity index (χ2n) is 4.29. The van der Waals surface area contributed by atoms with Gasteiger partial charge >= 0.3 is 0 Å². The lowest BCUT2D eigenvalue weighted by Crippen LogP contribution is -2.24. The second kappa shape index (κ2) is 5.48. The summed E-state index contributed by atoms with van der Waals surface area (Å²) in [7, 11) is 0. The number of nitrogens with one attached hydrogen (secondary N) is 2. The van der Waals surface area contributed by atoms with Crippen LogP contribution >= 0.6 is 0 Å². The molecule has 2 aromatic rings. The molecule has 0 radical (unpaired) electrons. The van der Waals surface area contributed by atoms with E-state index in [0.717, 1.165) is 17.1 Å². The fraction of sp³-hybridized carbons (Fsp3) is 0.417. The van der Waals surface area contributed by atoms with Crippen molar-refractivity contribution in [2.75, 3.05) is 0 Å². The van der Waals surface area contributed by atoms with Crippen molar-refractivity contribution in [2.45, 2.75) is 33.4 Å². The molecule has 1 amide bonds. The molecule has 2 rings (SSSR count). The van der Waals surface area contributed by atoms with Crippen molar-refractivity contribution in [3.8, 4) is 0 Å². The Morgan fingerprint density at radius 3 is 2.94 bits per heavy atom. The van der Waals surface area contributed by atoms with E-state index in [1.807, 2.05) is 32.2 Å². The smallest absolute Gasteiger partial charge is 0.222 e. The van der Waals surface area contributed by atoms with E-state index < -0.39 is 0 Å². The highest BCUT2D eigenvalue weighted by molar-refractivity contribution is 5.75. The normalized spacial score (nSPS) is 10.6. The highest BCUT2D eigenvalue weighted by Crippen LogP contribution is 1.98. The summed E-state index contributed by atoms with van der Waals surface area (Å²) < 4.78 is 1.77. The molecular weight excluding hydrogens is 230 g/mol. The van der Waals surface area contributed by atoms with Crippen LogP contribution in [-0.2, 0) is 17.9 Å². The molecule has 0 aliphatic heterocycles. The molecule has 18 heavy (non-hydrogen) atoms. The molecule has 0 fully saturated rings. The van der Waals surface area contributed by atoms with Crippen molar-refractivity contribution >= 4 is 5.91 Å². The van der Waals surface area contributed by atoms with Crippen LogP contribution in [0.15, 0.2) is 18.3 Å². The summed E-state index contributed by atoms with van der Waals surface area (Å²) in [6, 6.07) is 3.83. The lowest BCUT2D eigenvalue weighted by molar-refractivity contribution is -0.121. The number of aryl methyl sites for hydroxylation is 3. The third-order valence-electron chi connectivity index (χ3n) is 2.57. The maximum absolute atomic E-state index is 11.6. The molecule has 96 valence electrons. The molecule has 2 aromatic heterocycles. The average molecular weight is 247 g/mol. The molecule has 6 heteroatoms. The Morgan fingerprint density at radius 1 is 1.50 bits per heavy atom. The fourth-order valence-corrected chi connectivity index (χ4v) is 1.65. The van der Waals surface area contributed by atoms with Crippen LogP contribution in [0.3, 0.4) is 0 Å². The topological polar surface area (TPSA) is 75.6 Å². The number of hydrogen-bond donors (Lipinski definition) is 2. The zero-order valence-electron chi connectivity index (χ0n) is 10.6. The van der Waals surface area contributed by atoms with Crippen LogP contribution in [0.4, 0.5) is 0 Å². The van der Waals surface area contributed by atoms with Crippen molar-refractivity contribution < 1.29 is 4.79 Å². The van der Waals surface area contributed by atoms with Gasteiger partial charge in [0.1, 0.15) is 0 Å². The number of nitrogens with zero attached hydrogens (tertiary/aromatic N) is 3. The lowest BCUT2D eigenvalue weighted by atomic mass is 10.3. The number of H-pyrrole nitrogens is 1. The minimum absolute atomic E-state index is 0.00352. The first-order chi connectivity index (χ1) is 8.63. The van der Waals surface area contributed by atoms with Crippen LogP contribution in [0.5, 0.6) is 0 Å². The van der Waals surface area contributed by atoms with Gasteiger partial charge in [-0.3, -0.25) is 14.6 Å². The zero-order chi connectivity index (χ0) is 13.0. The molecular formula is C12H17N5O. The van der Waals surface area contributed by atoms with Gasteiger partial charge in [0, 0.05) is 24.9 Å². The summed E-state index contributed by atoms with van der Waals surface area (Å²) in [6.45, 7) is 4.91. The van der Waals surface area contributed by atoms with E-state index >= 15 is 0 Å². The Labute approximate surface area is 105 Å². The molecule has 6 nitrogen and oxygen atoms in total. The molecule has 0 aliphatic rings. The quantitative estimate of drug-likeness (QED) is 0.825. The monoisotopic (exact) mass is 247 g/mol. The largest absolute Gasteiger partial charge is 0.350 e. The van der Waals surface area contributed by atoms with Crippen molar-refractivity contribution in [2.24, 2.45) is 0 Å². The molecule has 0 atom stereocenters. The summed E-state index contributed by atoms with van der Waals surface area (Å²) in [6.07, 6.45) is 2.30. The summed E-state index contributed by atoms with van der Waals surface area (Å²) >= 11 is 0. The van der Waals surface area contributed by atoms with Crippen molar-refractivity contribution in [1.82, 2.24) is 25.3 Å². The summed E-state index contributed by atoms with van der Waals surface area (Å²) in [4.78, 5) is 11.6. The first-order valence-corrected chi connectivity index (χ1v) is 5.91. The minimum Gasteiger partial charge on any atom is -0.350 e. The molecule has 0 unspecified atom stereocenters.